The fourth-order valence-corrected chi connectivity index (χ4v) is 2.37. The molecule has 1 aliphatic rings. The second-order valence-electron chi connectivity index (χ2n) is 3.74. The minimum atomic E-state index is 0.298. The molecule has 0 saturated carbocycles. The zero-order valence-electron chi connectivity index (χ0n) is 7.98. The molecule has 6 heteroatoms. The fraction of sp³-hybridized carbons (Fsp3) is 0.857. The first kappa shape index (κ1) is 8.80. The average Bonchev–Trinajstić information content (AvgIpc) is 2.45. The highest BCUT2D eigenvalue weighted by Crippen LogP contribution is 2.41. The van der Waals surface area contributed by atoms with E-state index in [-0.39, 0.29) is 0 Å². The molecule has 0 amide bonds. The quantitative estimate of drug-likeness (QED) is 0.752. The summed E-state index contributed by atoms with van der Waals surface area (Å²) in [5.74, 6) is 1.87. The molecule has 1 aromatic rings. The van der Waals surface area contributed by atoms with Gasteiger partial charge in [-0.15, -0.1) is 0 Å². The minimum Gasteiger partial charge on any atom is -0.348 e. The van der Waals surface area contributed by atoms with Crippen molar-refractivity contribution in [3.63, 3.8) is 0 Å². The minimum absolute atomic E-state index is 0.298. The number of anilines is 1. The first-order valence-corrected chi connectivity index (χ1v) is 5.21. The number of rotatable bonds is 2. The molecule has 1 fully saturated rings. The standard InChI is InChI=1S/C7H13N5S/c1-7(2)5(4-13-7)8-6-9-10-11-12(6)3/h5H,4H2,1-3H3,(H,8,9,11). The van der Waals surface area contributed by atoms with Crippen LogP contribution in [0.25, 0.3) is 0 Å². The number of aryl methyl sites for hydroxylation is 1. The Hall–Kier alpha value is -0.780. The number of hydrogen-bond acceptors (Lipinski definition) is 5. The lowest BCUT2D eigenvalue weighted by Crippen LogP contribution is -2.50. The predicted molar refractivity (Wildman–Crippen MR) is 52.7 cm³/mol. The van der Waals surface area contributed by atoms with E-state index in [4.69, 9.17) is 0 Å². The van der Waals surface area contributed by atoms with Crippen molar-refractivity contribution < 1.29 is 0 Å². The van der Waals surface area contributed by atoms with Gasteiger partial charge < -0.3 is 5.32 Å². The normalized spacial score (nSPS) is 25.3. The Morgan fingerprint density at radius 2 is 2.38 bits per heavy atom. The fourth-order valence-electron chi connectivity index (χ4n) is 1.22. The number of tetrazole rings is 1. The topological polar surface area (TPSA) is 55.6 Å². The van der Waals surface area contributed by atoms with Gasteiger partial charge in [-0.25, -0.2) is 4.68 Å². The van der Waals surface area contributed by atoms with Crippen LogP contribution >= 0.6 is 11.8 Å². The molecule has 2 rings (SSSR count). The van der Waals surface area contributed by atoms with E-state index in [0.29, 0.717) is 10.8 Å². The monoisotopic (exact) mass is 199 g/mol. The maximum absolute atomic E-state index is 3.88. The molecule has 1 N–H and O–H groups in total. The van der Waals surface area contributed by atoms with Crippen LogP contribution in [0.4, 0.5) is 5.95 Å². The highest BCUT2D eigenvalue weighted by Gasteiger charge is 2.40. The molecule has 0 spiro atoms. The van der Waals surface area contributed by atoms with Gasteiger partial charge in [0.25, 0.3) is 0 Å². The van der Waals surface area contributed by atoms with Crippen LogP contribution in [0.1, 0.15) is 13.8 Å². The molecule has 72 valence electrons. The van der Waals surface area contributed by atoms with Gasteiger partial charge in [-0.1, -0.05) is 5.10 Å². The van der Waals surface area contributed by atoms with Crippen molar-refractivity contribution in [3.05, 3.63) is 0 Å². The molecule has 1 unspecified atom stereocenters. The zero-order chi connectivity index (χ0) is 9.47. The number of nitrogens with one attached hydrogen (secondary N) is 1. The summed E-state index contributed by atoms with van der Waals surface area (Å²) in [7, 11) is 1.83. The first-order valence-electron chi connectivity index (χ1n) is 4.22. The maximum atomic E-state index is 3.88. The van der Waals surface area contributed by atoms with Gasteiger partial charge in [0, 0.05) is 17.5 Å². The molecule has 0 aromatic carbocycles. The van der Waals surface area contributed by atoms with Crippen molar-refractivity contribution >= 4 is 17.7 Å². The SMILES string of the molecule is Cn1nnnc1NC1CSC1(C)C. The van der Waals surface area contributed by atoms with Crippen molar-refractivity contribution in [1.29, 1.82) is 0 Å². The number of aromatic nitrogens is 4. The molecule has 13 heavy (non-hydrogen) atoms. The van der Waals surface area contributed by atoms with Crippen LogP contribution in [-0.2, 0) is 7.05 Å². The zero-order valence-corrected chi connectivity index (χ0v) is 8.80. The lowest BCUT2D eigenvalue weighted by Gasteiger charge is -2.43. The number of thioether (sulfide) groups is 1. The summed E-state index contributed by atoms with van der Waals surface area (Å²) >= 11 is 1.96. The van der Waals surface area contributed by atoms with E-state index in [1.165, 1.54) is 0 Å². The Morgan fingerprint density at radius 3 is 2.77 bits per heavy atom. The van der Waals surface area contributed by atoms with Gasteiger partial charge in [-0.05, 0) is 24.3 Å². The Bertz CT molecular complexity index is 308. The molecule has 0 aliphatic carbocycles. The maximum Gasteiger partial charge on any atom is 0.242 e. The highest BCUT2D eigenvalue weighted by atomic mass is 32.2. The largest absolute Gasteiger partial charge is 0.348 e. The molecule has 1 atom stereocenters. The van der Waals surface area contributed by atoms with Crippen molar-refractivity contribution in [1.82, 2.24) is 20.2 Å². The predicted octanol–water partition coefficient (Wildman–Crippen LogP) is 0.516. The van der Waals surface area contributed by atoms with E-state index in [0.717, 1.165) is 11.7 Å². The van der Waals surface area contributed by atoms with Gasteiger partial charge in [-0.2, -0.15) is 11.8 Å². The van der Waals surface area contributed by atoms with Gasteiger partial charge in [0.05, 0.1) is 6.04 Å². The van der Waals surface area contributed by atoms with Crippen LogP contribution in [0.15, 0.2) is 0 Å². The molecular weight excluding hydrogens is 186 g/mol. The van der Waals surface area contributed by atoms with Crippen molar-refractivity contribution in [2.45, 2.75) is 24.6 Å². The summed E-state index contributed by atoms with van der Waals surface area (Å²) in [6, 6.07) is 0.474. The van der Waals surface area contributed by atoms with Gasteiger partial charge >= 0.3 is 0 Å². The summed E-state index contributed by atoms with van der Waals surface area (Å²) in [5, 5.41) is 14.5. The Morgan fingerprint density at radius 1 is 1.62 bits per heavy atom. The Balaban J connectivity index is 2.03. The van der Waals surface area contributed by atoms with E-state index in [9.17, 15) is 0 Å². The average molecular weight is 199 g/mol. The van der Waals surface area contributed by atoms with E-state index in [1.807, 2.05) is 18.8 Å². The van der Waals surface area contributed by atoms with Crippen LogP contribution in [0.5, 0.6) is 0 Å². The molecule has 0 bridgehead atoms. The number of nitrogens with zero attached hydrogens (tertiary/aromatic N) is 4. The molecule has 2 heterocycles. The van der Waals surface area contributed by atoms with E-state index in [1.54, 1.807) is 4.68 Å². The Kier molecular flexibility index (Phi) is 1.94. The van der Waals surface area contributed by atoms with Gasteiger partial charge in [0.1, 0.15) is 0 Å². The lowest BCUT2D eigenvalue weighted by molar-refractivity contribution is 0.567. The smallest absolute Gasteiger partial charge is 0.242 e. The Labute approximate surface area is 81.3 Å². The van der Waals surface area contributed by atoms with Crippen LogP contribution in [0.2, 0.25) is 0 Å². The summed E-state index contributed by atoms with van der Waals surface area (Å²) in [5.41, 5.74) is 0. The third kappa shape index (κ3) is 1.50. The summed E-state index contributed by atoms with van der Waals surface area (Å²) in [6.07, 6.45) is 0. The molecule has 1 saturated heterocycles. The lowest BCUT2D eigenvalue weighted by atomic mass is 10.0. The summed E-state index contributed by atoms with van der Waals surface area (Å²) < 4.78 is 1.95. The summed E-state index contributed by atoms with van der Waals surface area (Å²) in [6.45, 7) is 4.45. The third-order valence-electron chi connectivity index (χ3n) is 2.38. The molecule has 0 radical (unpaired) electrons. The van der Waals surface area contributed by atoms with E-state index >= 15 is 0 Å². The number of hydrogen-bond donors (Lipinski definition) is 1. The molecular formula is C7H13N5S. The summed E-state index contributed by atoms with van der Waals surface area (Å²) in [4.78, 5) is 0. The first-order chi connectivity index (χ1) is 6.09. The van der Waals surface area contributed by atoms with E-state index < -0.39 is 0 Å². The van der Waals surface area contributed by atoms with Gasteiger partial charge in [0.2, 0.25) is 5.95 Å². The molecule has 5 nitrogen and oxygen atoms in total. The third-order valence-corrected chi connectivity index (χ3v) is 3.91. The van der Waals surface area contributed by atoms with Crippen molar-refractivity contribution in [3.8, 4) is 0 Å². The van der Waals surface area contributed by atoms with Crippen LogP contribution in [0.3, 0.4) is 0 Å². The van der Waals surface area contributed by atoms with Crippen molar-refractivity contribution in [2.24, 2.45) is 7.05 Å². The van der Waals surface area contributed by atoms with Gasteiger partial charge in [-0.3, -0.25) is 0 Å². The van der Waals surface area contributed by atoms with Crippen molar-refractivity contribution in [2.75, 3.05) is 11.1 Å². The molecule has 1 aromatic heterocycles. The van der Waals surface area contributed by atoms with Crippen LogP contribution in [0, 0.1) is 0 Å². The van der Waals surface area contributed by atoms with E-state index in [2.05, 4.69) is 34.7 Å². The molecule has 1 aliphatic heterocycles. The second kappa shape index (κ2) is 2.87. The highest BCUT2D eigenvalue weighted by molar-refractivity contribution is 8.02. The van der Waals surface area contributed by atoms with Crippen LogP contribution < -0.4 is 5.32 Å². The van der Waals surface area contributed by atoms with Crippen LogP contribution in [-0.4, -0.2) is 36.7 Å². The second-order valence-corrected chi connectivity index (χ2v) is 5.41. The van der Waals surface area contributed by atoms with Gasteiger partial charge in [0.15, 0.2) is 0 Å².